The summed E-state index contributed by atoms with van der Waals surface area (Å²) in [6.45, 7) is 1.88. The summed E-state index contributed by atoms with van der Waals surface area (Å²) in [5, 5.41) is 10.1. The van der Waals surface area contributed by atoms with E-state index >= 15 is 0 Å². The zero-order valence-corrected chi connectivity index (χ0v) is 26.2. The Morgan fingerprint density at radius 3 is 2.30 bits per heavy atom. The molecule has 2 heterocycles. The fourth-order valence-corrected chi connectivity index (χ4v) is 7.08. The molecule has 1 amide bonds. The number of carboxylic acids is 1. The van der Waals surface area contributed by atoms with Crippen LogP contribution in [0.15, 0.2) is 30.3 Å². The number of nitrogens with zero attached hydrogens (tertiary/aromatic N) is 2. The fourth-order valence-electron chi connectivity index (χ4n) is 7.08. The molecule has 1 aliphatic carbocycles. The van der Waals surface area contributed by atoms with Gasteiger partial charge in [-0.15, -0.1) is 0 Å². The van der Waals surface area contributed by atoms with Gasteiger partial charge in [-0.25, -0.2) is 18.0 Å². The number of rotatable bonds is 9. The number of halogens is 7. The van der Waals surface area contributed by atoms with Crippen LogP contribution < -0.4 is 9.64 Å². The van der Waals surface area contributed by atoms with Gasteiger partial charge in [0.25, 0.3) is 0 Å². The zero-order chi connectivity index (χ0) is 34.5. The zero-order valence-electron chi connectivity index (χ0n) is 26.2. The van der Waals surface area contributed by atoms with Crippen LogP contribution in [0.2, 0.25) is 0 Å². The molecule has 3 aliphatic rings. The van der Waals surface area contributed by atoms with E-state index in [1.54, 1.807) is 23.1 Å². The molecule has 2 saturated heterocycles. The average Bonchev–Trinajstić information content (AvgIpc) is 3.36. The molecule has 3 fully saturated rings. The average molecular weight is 675 g/mol. The number of carbonyl (C=O) groups is 2. The molecule has 2 aromatic carbocycles. The lowest BCUT2D eigenvalue weighted by Gasteiger charge is -2.52. The number of hydrogen-bond acceptors (Lipinski definition) is 5. The van der Waals surface area contributed by atoms with Crippen molar-refractivity contribution < 1.29 is 54.9 Å². The number of anilines is 1. The molecular formula is C33H37F7N2O5. The van der Waals surface area contributed by atoms with E-state index in [4.69, 9.17) is 9.47 Å². The molecule has 47 heavy (non-hydrogen) atoms. The maximum absolute atomic E-state index is 14.4. The standard InChI is InChI=1S/C33H37F7N2O5/c1-30(2,33(38,39)40)29(45)42-17-31(18-42)16-41(22-11-24(34)27(35)25(12-22)46-3)13-21(31)15-47-14-20-5-4-6-23(26(20)28(43)44)19-7-9-32(36,37)10-8-19/h4-6,11-12,19,21H,7-10,13-18H2,1-3H3,(H,43,44)/t21-/m0/s1. The molecule has 14 heteroatoms. The minimum atomic E-state index is -4.77. The van der Waals surface area contributed by atoms with Crippen LogP contribution >= 0.6 is 0 Å². The molecule has 2 aromatic rings. The largest absolute Gasteiger partial charge is 0.493 e. The van der Waals surface area contributed by atoms with Crippen molar-refractivity contribution in [2.24, 2.45) is 16.7 Å². The molecule has 5 rings (SSSR count). The third kappa shape index (κ3) is 6.62. The molecule has 2 aliphatic heterocycles. The maximum atomic E-state index is 14.4. The van der Waals surface area contributed by atoms with Gasteiger partial charge in [-0.2, -0.15) is 17.6 Å². The second-order valence-electron chi connectivity index (χ2n) is 13.5. The van der Waals surface area contributed by atoms with Crippen LogP contribution in [0.5, 0.6) is 5.75 Å². The number of hydrogen-bond donors (Lipinski definition) is 1. The number of aromatic carboxylic acids is 1. The van der Waals surface area contributed by atoms with Gasteiger partial charge < -0.3 is 24.4 Å². The quantitative estimate of drug-likeness (QED) is 0.288. The normalized spacial score (nSPS) is 21.2. The van der Waals surface area contributed by atoms with E-state index in [2.05, 4.69) is 0 Å². The van der Waals surface area contributed by atoms with Crippen molar-refractivity contribution in [1.82, 2.24) is 4.90 Å². The Labute approximate surface area is 267 Å². The first-order valence-corrected chi connectivity index (χ1v) is 15.3. The van der Waals surface area contributed by atoms with Crippen molar-refractivity contribution in [3.8, 4) is 5.75 Å². The smallest absolute Gasteiger partial charge is 0.402 e. The molecule has 0 radical (unpaired) electrons. The Morgan fingerprint density at radius 1 is 1.04 bits per heavy atom. The number of carbonyl (C=O) groups excluding carboxylic acids is 1. The molecule has 0 aromatic heterocycles. The Kier molecular flexibility index (Phi) is 9.23. The number of alkyl halides is 5. The van der Waals surface area contributed by atoms with Gasteiger partial charge in [0.05, 0.1) is 25.9 Å². The summed E-state index contributed by atoms with van der Waals surface area (Å²) in [5.41, 5.74) is -2.28. The highest BCUT2D eigenvalue weighted by Gasteiger charge is 2.61. The number of ether oxygens (including phenoxy) is 2. The third-order valence-corrected chi connectivity index (χ3v) is 10.0. The first kappa shape index (κ1) is 34.8. The highest BCUT2D eigenvalue weighted by atomic mass is 19.4. The fraction of sp³-hybridized carbons (Fsp3) is 0.576. The van der Waals surface area contributed by atoms with Crippen molar-refractivity contribution in [3.63, 3.8) is 0 Å². The first-order valence-electron chi connectivity index (χ1n) is 15.3. The molecule has 1 N–H and O–H groups in total. The Balaban J connectivity index is 1.36. The van der Waals surface area contributed by atoms with Crippen LogP contribution in [0.4, 0.5) is 36.4 Å². The molecule has 0 bridgehead atoms. The lowest BCUT2D eigenvalue weighted by atomic mass is 9.70. The Bertz CT molecular complexity index is 1510. The van der Waals surface area contributed by atoms with E-state index in [-0.39, 0.29) is 88.0 Å². The third-order valence-electron chi connectivity index (χ3n) is 10.0. The summed E-state index contributed by atoms with van der Waals surface area (Å²) in [6.07, 6.45) is -5.14. The Morgan fingerprint density at radius 2 is 1.70 bits per heavy atom. The Hall–Kier alpha value is -3.55. The van der Waals surface area contributed by atoms with Gasteiger partial charge >= 0.3 is 12.1 Å². The summed E-state index contributed by atoms with van der Waals surface area (Å²) >= 11 is 0. The number of amides is 1. The maximum Gasteiger partial charge on any atom is 0.402 e. The van der Waals surface area contributed by atoms with Crippen LogP contribution in [-0.4, -0.2) is 73.9 Å². The van der Waals surface area contributed by atoms with E-state index in [0.29, 0.717) is 11.1 Å². The number of benzene rings is 2. The summed E-state index contributed by atoms with van der Waals surface area (Å²) in [5.74, 6) is -8.45. The molecule has 7 nitrogen and oxygen atoms in total. The summed E-state index contributed by atoms with van der Waals surface area (Å²) in [7, 11) is 1.19. The van der Waals surface area contributed by atoms with Crippen molar-refractivity contribution in [2.45, 2.75) is 64.2 Å². The summed E-state index contributed by atoms with van der Waals surface area (Å²) in [6, 6.07) is 7.17. The van der Waals surface area contributed by atoms with Crippen LogP contribution in [0.25, 0.3) is 0 Å². The van der Waals surface area contributed by atoms with Crippen molar-refractivity contribution in [3.05, 3.63) is 58.7 Å². The van der Waals surface area contributed by atoms with E-state index in [9.17, 15) is 45.4 Å². The second-order valence-corrected chi connectivity index (χ2v) is 13.5. The SMILES string of the molecule is COc1cc(N2C[C@@H](COCc3cccc(C4CCC(F)(F)CC4)c3C(=O)O)C3(CN(C(=O)C(C)(C)C(F)(F)F)C3)C2)cc(F)c1F. The monoisotopic (exact) mass is 674 g/mol. The highest BCUT2D eigenvalue weighted by molar-refractivity contribution is 5.91. The minimum Gasteiger partial charge on any atom is -0.493 e. The molecule has 258 valence electrons. The molecular weight excluding hydrogens is 637 g/mol. The van der Waals surface area contributed by atoms with Crippen molar-refractivity contribution in [1.29, 1.82) is 0 Å². The van der Waals surface area contributed by atoms with Gasteiger partial charge in [0.1, 0.15) is 5.41 Å². The van der Waals surface area contributed by atoms with E-state index < -0.39 is 52.4 Å². The van der Waals surface area contributed by atoms with Crippen LogP contribution in [0, 0.1) is 28.4 Å². The molecule has 1 spiro atoms. The molecule has 1 saturated carbocycles. The van der Waals surface area contributed by atoms with E-state index in [1.807, 2.05) is 0 Å². The van der Waals surface area contributed by atoms with Gasteiger partial charge in [-0.05, 0) is 43.7 Å². The van der Waals surface area contributed by atoms with Gasteiger partial charge in [-0.1, -0.05) is 18.2 Å². The minimum absolute atomic E-state index is 0.00541. The van der Waals surface area contributed by atoms with Crippen molar-refractivity contribution >= 4 is 17.6 Å². The number of carboxylic acid groups (broad SMARTS) is 1. The summed E-state index contributed by atoms with van der Waals surface area (Å²) in [4.78, 5) is 28.1. The van der Waals surface area contributed by atoms with Crippen LogP contribution in [-0.2, 0) is 16.1 Å². The first-order chi connectivity index (χ1) is 21.9. The van der Waals surface area contributed by atoms with Crippen LogP contribution in [0.1, 0.15) is 66.9 Å². The second kappa shape index (κ2) is 12.5. The molecule has 1 atom stereocenters. The predicted octanol–water partition coefficient (Wildman–Crippen LogP) is 7.03. The van der Waals surface area contributed by atoms with Crippen LogP contribution in [0.3, 0.4) is 0 Å². The van der Waals surface area contributed by atoms with E-state index in [1.165, 1.54) is 13.2 Å². The van der Waals surface area contributed by atoms with Gasteiger partial charge in [0, 0.05) is 68.2 Å². The predicted molar refractivity (Wildman–Crippen MR) is 157 cm³/mol. The highest BCUT2D eigenvalue weighted by Crippen LogP contribution is 2.49. The molecule has 0 unspecified atom stereocenters. The van der Waals surface area contributed by atoms with Gasteiger partial charge in [0.2, 0.25) is 17.6 Å². The number of likely N-dealkylation sites (tertiary alicyclic amines) is 1. The van der Waals surface area contributed by atoms with Gasteiger partial charge in [0.15, 0.2) is 11.6 Å². The summed E-state index contributed by atoms with van der Waals surface area (Å²) < 4.78 is 108. The number of methoxy groups -OCH3 is 1. The van der Waals surface area contributed by atoms with E-state index in [0.717, 1.165) is 24.8 Å². The lowest BCUT2D eigenvalue weighted by Crippen LogP contribution is -2.66. The topological polar surface area (TPSA) is 79.3 Å². The lowest BCUT2D eigenvalue weighted by molar-refractivity contribution is -0.223. The van der Waals surface area contributed by atoms with Crippen molar-refractivity contribution in [2.75, 3.05) is 44.8 Å². The van der Waals surface area contributed by atoms with Gasteiger partial charge in [-0.3, -0.25) is 4.79 Å².